The summed E-state index contributed by atoms with van der Waals surface area (Å²) in [7, 11) is 0. The van der Waals surface area contributed by atoms with Gasteiger partial charge >= 0.3 is 5.97 Å². The zero-order valence-electron chi connectivity index (χ0n) is 15.0. The highest BCUT2D eigenvalue weighted by molar-refractivity contribution is 5.87. The number of hydrogen-bond donors (Lipinski definition) is 1. The van der Waals surface area contributed by atoms with Gasteiger partial charge in [-0.15, -0.1) is 0 Å². The number of halogens is 1. The zero-order valence-corrected chi connectivity index (χ0v) is 15.0. The SMILES string of the molecule is CCCCCCCCCC1COC(c2ccc(C(=O)O)cc2F)OC1. The van der Waals surface area contributed by atoms with E-state index in [-0.39, 0.29) is 11.1 Å². The molecule has 0 aliphatic carbocycles. The third-order valence-electron chi connectivity index (χ3n) is 4.68. The fourth-order valence-electron chi connectivity index (χ4n) is 3.13. The van der Waals surface area contributed by atoms with Crippen LogP contribution >= 0.6 is 0 Å². The number of rotatable bonds is 10. The second kappa shape index (κ2) is 10.5. The van der Waals surface area contributed by atoms with Crippen LogP contribution in [0.1, 0.15) is 80.5 Å². The Morgan fingerprint density at radius 2 is 1.76 bits per heavy atom. The van der Waals surface area contributed by atoms with Gasteiger partial charge in [0.05, 0.1) is 18.8 Å². The van der Waals surface area contributed by atoms with Crippen molar-refractivity contribution in [3.05, 3.63) is 35.1 Å². The van der Waals surface area contributed by atoms with Gasteiger partial charge in [0.25, 0.3) is 0 Å². The topological polar surface area (TPSA) is 55.8 Å². The highest BCUT2D eigenvalue weighted by Crippen LogP contribution is 2.29. The van der Waals surface area contributed by atoms with Crippen LogP contribution in [0.2, 0.25) is 0 Å². The lowest BCUT2D eigenvalue weighted by Gasteiger charge is -2.30. The molecule has 0 amide bonds. The third-order valence-corrected chi connectivity index (χ3v) is 4.68. The number of aromatic carboxylic acids is 1. The summed E-state index contributed by atoms with van der Waals surface area (Å²) in [5.41, 5.74) is 0.188. The normalized spacial score (nSPS) is 20.6. The number of unbranched alkanes of at least 4 members (excludes halogenated alkanes) is 6. The van der Waals surface area contributed by atoms with Crippen LogP contribution in [0.15, 0.2) is 18.2 Å². The van der Waals surface area contributed by atoms with Gasteiger partial charge < -0.3 is 14.6 Å². The summed E-state index contributed by atoms with van der Waals surface area (Å²) in [5, 5.41) is 8.88. The van der Waals surface area contributed by atoms with Gasteiger partial charge in [-0.2, -0.15) is 0 Å². The molecule has 0 radical (unpaired) electrons. The van der Waals surface area contributed by atoms with E-state index in [2.05, 4.69) is 6.92 Å². The molecule has 2 rings (SSSR count). The maximum Gasteiger partial charge on any atom is 0.335 e. The highest BCUT2D eigenvalue weighted by atomic mass is 19.1. The maximum absolute atomic E-state index is 14.0. The monoisotopic (exact) mass is 352 g/mol. The molecule has 1 saturated heterocycles. The summed E-state index contributed by atoms with van der Waals surface area (Å²) >= 11 is 0. The molecule has 25 heavy (non-hydrogen) atoms. The van der Waals surface area contributed by atoms with Gasteiger partial charge in [0.2, 0.25) is 0 Å². The predicted octanol–water partition coefficient (Wildman–Crippen LogP) is 5.33. The van der Waals surface area contributed by atoms with E-state index in [9.17, 15) is 9.18 Å². The molecule has 0 atom stereocenters. The van der Waals surface area contributed by atoms with Crippen molar-refractivity contribution in [2.24, 2.45) is 5.92 Å². The average molecular weight is 352 g/mol. The Morgan fingerprint density at radius 3 is 2.36 bits per heavy atom. The van der Waals surface area contributed by atoms with Gasteiger partial charge in [-0.3, -0.25) is 0 Å². The Labute approximate surface area is 149 Å². The second-order valence-electron chi connectivity index (χ2n) is 6.82. The lowest BCUT2D eigenvalue weighted by atomic mass is 10.0. The standard InChI is InChI=1S/C20H29FO4/c1-2-3-4-5-6-7-8-9-15-13-24-20(25-14-15)17-11-10-16(19(22)23)12-18(17)21/h10-12,15,20H,2-9,13-14H2,1H3,(H,22,23). The molecule has 1 aromatic rings. The molecule has 4 nitrogen and oxygen atoms in total. The fraction of sp³-hybridized carbons (Fsp3) is 0.650. The first-order valence-electron chi connectivity index (χ1n) is 9.37. The van der Waals surface area contributed by atoms with E-state index >= 15 is 0 Å². The highest BCUT2D eigenvalue weighted by Gasteiger charge is 2.26. The van der Waals surface area contributed by atoms with Gasteiger partial charge in [-0.1, -0.05) is 57.9 Å². The largest absolute Gasteiger partial charge is 0.478 e. The van der Waals surface area contributed by atoms with Crippen molar-refractivity contribution in [3.8, 4) is 0 Å². The van der Waals surface area contributed by atoms with Crippen molar-refractivity contribution < 1.29 is 23.8 Å². The van der Waals surface area contributed by atoms with Crippen LogP contribution in [-0.4, -0.2) is 24.3 Å². The van der Waals surface area contributed by atoms with Crippen LogP contribution < -0.4 is 0 Å². The van der Waals surface area contributed by atoms with Crippen LogP contribution in [0.25, 0.3) is 0 Å². The first-order valence-corrected chi connectivity index (χ1v) is 9.37. The average Bonchev–Trinajstić information content (AvgIpc) is 2.61. The van der Waals surface area contributed by atoms with E-state index < -0.39 is 18.1 Å². The molecule has 1 fully saturated rings. The third kappa shape index (κ3) is 6.40. The number of carbonyl (C=O) groups is 1. The van der Waals surface area contributed by atoms with Crippen molar-refractivity contribution in [1.82, 2.24) is 0 Å². The minimum Gasteiger partial charge on any atom is -0.478 e. The number of ether oxygens (including phenoxy) is 2. The fourth-order valence-corrected chi connectivity index (χ4v) is 3.13. The van der Waals surface area contributed by atoms with Crippen molar-refractivity contribution >= 4 is 5.97 Å². The molecule has 1 aromatic carbocycles. The summed E-state index contributed by atoms with van der Waals surface area (Å²) in [6, 6.07) is 3.81. The Hall–Kier alpha value is -1.46. The quantitative estimate of drug-likeness (QED) is 0.579. The van der Waals surface area contributed by atoms with Crippen molar-refractivity contribution in [1.29, 1.82) is 0 Å². The molecule has 1 aliphatic heterocycles. The first-order chi connectivity index (χ1) is 12.1. The minimum absolute atomic E-state index is 0.0751. The van der Waals surface area contributed by atoms with E-state index in [1.165, 1.54) is 57.1 Å². The van der Waals surface area contributed by atoms with E-state index in [1.54, 1.807) is 0 Å². The molecule has 140 valence electrons. The Morgan fingerprint density at radius 1 is 1.12 bits per heavy atom. The summed E-state index contributed by atoms with van der Waals surface area (Å²) in [5.74, 6) is -1.39. The lowest BCUT2D eigenvalue weighted by Crippen LogP contribution is -2.27. The van der Waals surface area contributed by atoms with Gasteiger partial charge in [0.1, 0.15) is 5.82 Å². The summed E-state index contributed by atoms with van der Waals surface area (Å²) in [6.07, 6.45) is 9.30. The molecule has 0 saturated carbocycles. The van der Waals surface area contributed by atoms with Crippen molar-refractivity contribution in [2.45, 2.75) is 64.6 Å². The Balaban J connectivity index is 1.68. The van der Waals surface area contributed by atoms with Crippen LogP contribution in [0.3, 0.4) is 0 Å². The minimum atomic E-state index is -1.15. The van der Waals surface area contributed by atoms with Gasteiger partial charge in [-0.25, -0.2) is 9.18 Å². The second-order valence-corrected chi connectivity index (χ2v) is 6.82. The van der Waals surface area contributed by atoms with Crippen LogP contribution in [0, 0.1) is 11.7 Å². The lowest BCUT2D eigenvalue weighted by molar-refractivity contribution is -0.207. The molecule has 1 aliphatic rings. The molecule has 0 bridgehead atoms. The number of hydrogen-bond acceptors (Lipinski definition) is 3. The summed E-state index contributed by atoms with van der Waals surface area (Å²) in [6.45, 7) is 3.34. The van der Waals surface area contributed by atoms with E-state index in [4.69, 9.17) is 14.6 Å². The summed E-state index contributed by atoms with van der Waals surface area (Å²) < 4.78 is 25.4. The molecule has 0 unspecified atom stereocenters. The van der Waals surface area contributed by atoms with Gasteiger partial charge in [0.15, 0.2) is 6.29 Å². The van der Waals surface area contributed by atoms with Crippen molar-refractivity contribution in [2.75, 3.05) is 13.2 Å². The van der Waals surface area contributed by atoms with Crippen LogP contribution in [-0.2, 0) is 9.47 Å². The van der Waals surface area contributed by atoms with Gasteiger partial charge in [0, 0.05) is 11.5 Å². The molecule has 0 spiro atoms. The number of carboxylic acid groups (broad SMARTS) is 1. The Kier molecular flexibility index (Phi) is 8.35. The van der Waals surface area contributed by atoms with Crippen LogP contribution in [0.4, 0.5) is 4.39 Å². The number of benzene rings is 1. The smallest absolute Gasteiger partial charge is 0.335 e. The van der Waals surface area contributed by atoms with Gasteiger partial charge in [-0.05, 0) is 18.6 Å². The molecular formula is C20H29FO4. The first kappa shape index (κ1) is 19.9. The molecule has 1 N–H and O–H groups in total. The molecule has 1 heterocycles. The molecular weight excluding hydrogens is 323 g/mol. The van der Waals surface area contributed by atoms with E-state index in [0.717, 1.165) is 12.5 Å². The van der Waals surface area contributed by atoms with E-state index in [1.807, 2.05) is 0 Å². The van der Waals surface area contributed by atoms with E-state index in [0.29, 0.717) is 19.1 Å². The van der Waals surface area contributed by atoms with Crippen molar-refractivity contribution in [3.63, 3.8) is 0 Å². The zero-order chi connectivity index (χ0) is 18.1. The maximum atomic E-state index is 14.0. The Bertz CT molecular complexity index is 538. The summed E-state index contributed by atoms with van der Waals surface area (Å²) in [4.78, 5) is 10.9. The van der Waals surface area contributed by atoms with Crippen LogP contribution in [0.5, 0.6) is 0 Å². The number of carboxylic acids is 1. The molecule has 5 heteroatoms. The predicted molar refractivity (Wildman–Crippen MR) is 94.1 cm³/mol. The molecule has 0 aromatic heterocycles.